The van der Waals surface area contributed by atoms with E-state index in [4.69, 9.17) is 14.7 Å². The molecule has 1 aliphatic heterocycles. The van der Waals surface area contributed by atoms with Crippen LogP contribution in [0.25, 0.3) is 21.6 Å². The van der Waals surface area contributed by atoms with Crippen LogP contribution in [0.2, 0.25) is 0 Å². The Morgan fingerprint density at radius 2 is 1.86 bits per heavy atom. The first kappa shape index (κ1) is 23.1. The molecule has 0 bridgehead atoms. The highest BCUT2D eigenvalue weighted by Crippen LogP contribution is 2.31. The molecule has 0 spiro atoms. The number of Topliss-reactive ketones (excluding diaryl/α,β-unsaturated/α-hetero) is 1. The standard InChI is InChI=1S/C28H29N5O2S/c34-25(19-5-7-23(8-6-19)33-12-14-35-15-13-33)18-22-17-20(9-11-29-22)27-31-24-10-16-36-26(24)28(32-27)30-21-3-1-2-4-21/h5-11,16-17,21H,1-4,12-15,18H2,(H,30,31,32). The van der Waals surface area contributed by atoms with Gasteiger partial charge in [0, 0.05) is 47.8 Å². The number of morpholine rings is 1. The number of rotatable bonds is 7. The van der Waals surface area contributed by atoms with E-state index in [0.717, 1.165) is 53.6 Å². The Labute approximate surface area is 214 Å². The molecule has 4 heterocycles. The molecule has 1 saturated carbocycles. The van der Waals surface area contributed by atoms with Crippen molar-refractivity contribution < 1.29 is 9.53 Å². The van der Waals surface area contributed by atoms with Crippen LogP contribution in [0.4, 0.5) is 11.5 Å². The van der Waals surface area contributed by atoms with E-state index in [1.54, 1.807) is 17.5 Å². The summed E-state index contributed by atoms with van der Waals surface area (Å²) in [7, 11) is 0. The second kappa shape index (κ2) is 10.3. The molecular formula is C28H29N5O2S. The van der Waals surface area contributed by atoms with E-state index >= 15 is 0 Å². The first-order chi connectivity index (χ1) is 17.7. The summed E-state index contributed by atoms with van der Waals surface area (Å²) in [5.74, 6) is 1.62. The zero-order valence-corrected chi connectivity index (χ0v) is 21.0. The highest BCUT2D eigenvalue weighted by Gasteiger charge is 2.19. The number of aromatic nitrogens is 3. The summed E-state index contributed by atoms with van der Waals surface area (Å²) in [6.07, 6.45) is 6.87. The number of carbonyl (C=O) groups is 1. The number of benzene rings is 1. The van der Waals surface area contributed by atoms with Gasteiger partial charge in [-0.1, -0.05) is 12.8 Å². The molecule has 184 valence electrons. The number of anilines is 2. The molecule has 1 aliphatic carbocycles. The summed E-state index contributed by atoms with van der Waals surface area (Å²) >= 11 is 1.67. The average Bonchev–Trinajstić information content (AvgIpc) is 3.62. The summed E-state index contributed by atoms with van der Waals surface area (Å²) in [6, 6.07) is 14.2. The Kier molecular flexibility index (Phi) is 6.61. The predicted octanol–water partition coefficient (Wildman–Crippen LogP) is 5.37. The maximum Gasteiger partial charge on any atom is 0.168 e. The first-order valence-electron chi connectivity index (χ1n) is 12.7. The molecule has 36 heavy (non-hydrogen) atoms. The minimum absolute atomic E-state index is 0.0472. The SMILES string of the molecule is O=C(Cc1cc(-c2nc(NC3CCCC3)c3sccc3n2)ccn1)c1ccc(N2CCOCC2)cc1. The molecular weight excluding hydrogens is 470 g/mol. The van der Waals surface area contributed by atoms with Crippen molar-refractivity contribution in [3.63, 3.8) is 0 Å². The van der Waals surface area contributed by atoms with Gasteiger partial charge in [-0.25, -0.2) is 9.97 Å². The van der Waals surface area contributed by atoms with Crippen LogP contribution in [-0.4, -0.2) is 53.1 Å². The number of ether oxygens (including phenoxy) is 1. The highest BCUT2D eigenvalue weighted by molar-refractivity contribution is 7.17. The van der Waals surface area contributed by atoms with E-state index < -0.39 is 0 Å². The third-order valence-electron chi connectivity index (χ3n) is 6.98. The summed E-state index contributed by atoms with van der Waals surface area (Å²) in [5.41, 5.74) is 4.35. The lowest BCUT2D eigenvalue weighted by Gasteiger charge is -2.28. The molecule has 3 aromatic heterocycles. The molecule has 7 nitrogen and oxygen atoms in total. The van der Waals surface area contributed by atoms with E-state index in [-0.39, 0.29) is 12.2 Å². The van der Waals surface area contributed by atoms with Crippen LogP contribution in [0.1, 0.15) is 41.7 Å². The molecule has 0 amide bonds. The minimum atomic E-state index is 0.0472. The van der Waals surface area contributed by atoms with E-state index in [0.29, 0.717) is 23.1 Å². The van der Waals surface area contributed by atoms with Gasteiger partial charge in [0.2, 0.25) is 0 Å². The number of hydrogen-bond acceptors (Lipinski definition) is 8. The van der Waals surface area contributed by atoms with E-state index in [9.17, 15) is 4.79 Å². The zero-order valence-electron chi connectivity index (χ0n) is 20.2. The number of thiophene rings is 1. The largest absolute Gasteiger partial charge is 0.378 e. The molecule has 2 fully saturated rings. The van der Waals surface area contributed by atoms with Crippen molar-refractivity contribution in [2.75, 3.05) is 36.5 Å². The molecule has 1 N–H and O–H groups in total. The second-order valence-electron chi connectivity index (χ2n) is 9.44. The van der Waals surface area contributed by atoms with Gasteiger partial charge in [-0.15, -0.1) is 11.3 Å². The Hall–Kier alpha value is -3.36. The van der Waals surface area contributed by atoms with Gasteiger partial charge < -0.3 is 15.0 Å². The molecule has 4 aromatic rings. The maximum atomic E-state index is 13.0. The monoisotopic (exact) mass is 499 g/mol. The van der Waals surface area contributed by atoms with Gasteiger partial charge >= 0.3 is 0 Å². The van der Waals surface area contributed by atoms with Crippen LogP contribution in [0.15, 0.2) is 54.0 Å². The van der Waals surface area contributed by atoms with Crippen molar-refractivity contribution in [3.05, 3.63) is 65.3 Å². The number of hydrogen-bond donors (Lipinski definition) is 1. The Bertz CT molecular complexity index is 1360. The van der Waals surface area contributed by atoms with Crippen LogP contribution in [0.3, 0.4) is 0 Å². The molecule has 0 radical (unpaired) electrons. The fourth-order valence-corrected chi connectivity index (χ4v) is 5.80. The zero-order chi connectivity index (χ0) is 24.3. The summed E-state index contributed by atoms with van der Waals surface area (Å²) in [4.78, 5) is 29.5. The van der Waals surface area contributed by atoms with Crippen molar-refractivity contribution in [1.82, 2.24) is 15.0 Å². The molecule has 0 unspecified atom stereocenters. The lowest BCUT2D eigenvalue weighted by Crippen LogP contribution is -2.36. The van der Waals surface area contributed by atoms with Crippen molar-refractivity contribution >= 4 is 38.8 Å². The van der Waals surface area contributed by atoms with Crippen LogP contribution >= 0.6 is 11.3 Å². The number of ketones is 1. The Balaban J connectivity index is 1.20. The quantitative estimate of drug-likeness (QED) is 0.342. The van der Waals surface area contributed by atoms with Gasteiger partial charge in [0.15, 0.2) is 11.6 Å². The Morgan fingerprint density at radius 3 is 2.67 bits per heavy atom. The minimum Gasteiger partial charge on any atom is -0.378 e. The number of pyridine rings is 1. The fraction of sp³-hybridized carbons (Fsp3) is 0.357. The van der Waals surface area contributed by atoms with Gasteiger partial charge in [0.1, 0.15) is 5.82 Å². The number of carbonyl (C=O) groups excluding carboxylic acids is 1. The number of nitrogens with one attached hydrogen (secondary N) is 1. The van der Waals surface area contributed by atoms with Crippen LogP contribution in [0.5, 0.6) is 0 Å². The molecule has 0 atom stereocenters. The highest BCUT2D eigenvalue weighted by atomic mass is 32.1. The van der Waals surface area contributed by atoms with Crippen molar-refractivity contribution in [3.8, 4) is 11.4 Å². The predicted molar refractivity (Wildman–Crippen MR) is 144 cm³/mol. The molecule has 2 aliphatic rings. The first-order valence-corrected chi connectivity index (χ1v) is 13.5. The van der Waals surface area contributed by atoms with Crippen LogP contribution in [-0.2, 0) is 11.2 Å². The molecule has 1 saturated heterocycles. The summed E-state index contributed by atoms with van der Waals surface area (Å²) in [6.45, 7) is 3.23. The van der Waals surface area contributed by atoms with E-state index in [1.807, 2.05) is 42.5 Å². The van der Waals surface area contributed by atoms with E-state index in [2.05, 4.69) is 20.6 Å². The second-order valence-corrected chi connectivity index (χ2v) is 10.4. The summed E-state index contributed by atoms with van der Waals surface area (Å²) in [5, 5.41) is 5.72. The van der Waals surface area contributed by atoms with E-state index in [1.165, 1.54) is 25.7 Å². The van der Waals surface area contributed by atoms with Crippen molar-refractivity contribution in [1.29, 1.82) is 0 Å². The molecule has 8 heteroatoms. The van der Waals surface area contributed by atoms with Gasteiger partial charge in [0.25, 0.3) is 0 Å². The smallest absolute Gasteiger partial charge is 0.168 e. The summed E-state index contributed by atoms with van der Waals surface area (Å²) < 4.78 is 6.52. The normalized spacial score (nSPS) is 16.5. The number of fused-ring (bicyclic) bond motifs is 1. The maximum absolute atomic E-state index is 13.0. The van der Waals surface area contributed by atoms with Crippen molar-refractivity contribution in [2.45, 2.75) is 38.1 Å². The van der Waals surface area contributed by atoms with Crippen LogP contribution < -0.4 is 10.2 Å². The fourth-order valence-electron chi connectivity index (χ4n) is 5.01. The van der Waals surface area contributed by atoms with Crippen LogP contribution in [0, 0.1) is 0 Å². The van der Waals surface area contributed by atoms with Gasteiger partial charge in [-0.2, -0.15) is 0 Å². The average molecular weight is 500 g/mol. The topological polar surface area (TPSA) is 80.2 Å². The van der Waals surface area contributed by atoms with Gasteiger partial charge in [-0.05, 0) is 60.7 Å². The lowest BCUT2D eigenvalue weighted by atomic mass is 10.0. The molecule has 6 rings (SSSR count). The number of nitrogens with zero attached hydrogens (tertiary/aromatic N) is 4. The Morgan fingerprint density at radius 1 is 1.06 bits per heavy atom. The van der Waals surface area contributed by atoms with Crippen molar-refractivity contribution in [2.24, 2.45) is 0 Å². The lowest BCUT2D eigenvalue weighted by molar-refractivity contribution is 0.0992. The molecule has 1 aromatic carbocycles. The third-order valence-corrected chi connectivity index (χ3v) is 7.89. The van der Waals surface area contributed by atoms with Gasteiger partial charge in [0.05, 0.1) is 29.9 Å². The third kappa shape index (κ3) is 4.96. The van der Waals surface area contributed by atoms with Gasteiger partial charge in [-0.3, -0.25) is 9.78 Å².